The largest absolute Gasteiger partial charge is 0.330 e. The molecule has 0 heterocycles. The molecule has 0 rings (SSSR count). The van der Waals surface area contributed by atoms with Crippen LogP contribution in [0.5, 0.6) is 0 Å². The molecule has 0 bridgehead atoms. The number of hydrogen-bond acceptors (Lipinski definition) is 2. The second kappa shape index (κ2) is 4.42. The fourth-order valence-electron chi connectivity index (χ4n) is 0. The molecule has 0 unspecified atom stereocenters. The molecular formula is CH5F3InNO3S. The van der Waals surface area contributed by atoms with Crippen molar-refractivity contribution in [3.8, 4) is 0 Å². The van der Waals surface area contributed by atoms with Gasteiger partial charge in [0.2, 0.25) is 0 Å². The van der Waals surface area contributed by atoms with Crippen LogP contribution in [0.15, 0.2) is 0 Å². The Morgan fingerprint density at radius 1 is 1.40 bits per heavy atom. The summed E-state index contributed by atoms with van der Waals surface area (Å²) in [6.45, 7) is 0. The van der Waals surface area contributed by atoms with Crippen molar-refractivity contribution in [3.63, 3.8) is 0 Å². The van der Waals surface area contributed by atoms with Crippen LogP contribution in [0.4, 0.5) is 13.2 Å². The van der Waals surface area contributed by atoms with Crippen LogP contribution >= 0.6 is 0 Å². The minimum atomic E-state index is -4.17. The Bertz CT molecular complexity index is 159. The third kappa shape index (κ3) is 1720. The summed E-state index contributed by atoms with van der Waals surface area (Å²) < 4.78 is 52.8. The summed E-state index contributed by atoms with van der Waals surface area (Å²) in [4.78, 5) is 0. The SMILES string of the molecule is F[C](F)(F)[InH2].NS(=O)(=O)O. The zero-order valence-electron chi connectivity index (χ0n) is 4.88. The number of nitrogens with two attached hydrogens (primary N) is 1. The maximum Gasteiger partial charge on any atom is 0.330 e. The summed E-state index contributed by atoms with van der Waals surface area (Å²) in [5.74, 6) is 0. The normalized spacial score (nSPS) is 11.7. The summed E-state index contributed by atoms with van der Waals surface area (Å²) in [5, 5.41) is 3.88. The summed E-state index contributed by atoms with van der Waals surface area (Å²) >= 11 is -1.14. The molecule has 0 aliphatic heterocycles. The van der Waals surface area contributed by atoms with Gasteiger partial charge in [0, 0.05) is 0 Å². The second-order valence-electron chi connectivity index (χ2n) is 1.30. The van der Waals surface area contributed by atoms with Gasteiger partial charge in [-0.05, 0) is 0 Å². The first-order valence-corrected chi connectivity index (χ1v) is 6.18. The van der Waals surface area contributed by atoms with Gasteiger partial charge < -0.3 is 0 Å². The Morgan fingerprint density at radius 2 is 1.40 bits per heavy atom. The van der Waals surface area contributed by atoms with Crippen molar-refractivity contribution in [1.82, 2.24) is 0 Å². The van der Waals surface area contributed by atoms with Crippen LogP contribution in [0.2, 0.25) is 0 Å². The average molecular weight is 283 g/mol. The molecule has 0 saturated heterocycles. The van der Waals surface area contributed by atoms with Gasteiger partial charge in [-0.15, -0.1) is 0 Å². The van der Waals surface area contributed by atoms with Crippen molar-refractivity contribution in [2.75, 3.05) is 0 Å². The third-order valence-electron chi connectivity index (χ3n) is 0. The van der Waals surface area contributed by atoms with Gasteiger partial charge in [0.1, 0.15) is 0 Å². The van der Waals surface area contributed by atoms with E-state index in [1.165, 1.54) is 0 Å². The molecule has 0 aliphatic rings. The van der Waals surface area contributed by atoms with Crippen LogP contribution in [0.3, 0.4) is 0 Å². The van der Waals surface area contributed by atoms with Crippen LogP contribution in [-0.4, -0.2) is 41.3 Å². The topological polar surface area (TPSA) is 80.4 Å². The van der Waals surface area contributed by atoms with Crippen molar-refractivity contribution >= 4 is 34.7 Å². The minimum absolute atomic E-state index is 1.14. The molecule has 9 heteroatoms. The van der Waals surface area contributed by atoms with E-state index in [2.05, 4.69) is 5.14 Å². The molecule has 0 aromatic rings. The van der Waals surface area contributed by atoms with Crippen molar-refractivity contribution in [2.24, 2.45) is 5.14 Å². The molecular weight excluding hydrogens is 278 g/mol. The maximum atomic E-state index is 10.4. The van der Waals surface area contributed by atoms with E-state index >= 15 is 0 Å². The van der Waals surface area contributed by atoms with E-state index in [4.69, 9.17) is 13.0 Å². The van der Waals surface area contributed by atoms with Gasteiger partial charge in [-0.25, -0.2) is 5.14 Å². The fourth-order valence-corrected chi connectivity index (χ4v) is 0. The summed E-state index contributed by atoms with van der Waals surface area (Å²) in [6, 6.07) is 0. The Kier molecular flexibility index (Phi) is 5.81. The van der Waals surface area contributed by atoms with Crippen LogP contribution in [0.25, 0.3) is 0 Å². The molecule has 0 radical (unpaired) electrons. The minimum Gasteiger partial charge on any atom is -0.274 e. The van der Waals surface area contributed by atoms with Gasteiger partial charge in [0.05, 0.1) is 0 Å². The predicted octanol–water partition coefficient (Wildman–Crippen LogP) is -1.11. The van der Waals surface area contributed by atoms with Crippen molar-refractivity contribution in [2.45, 2.75) is 3.93 Å². The zero-order chi connectivity index (χ0) is 9.00. The van der Waals surface area contributed by atoms with Crippen LogP contribution in [0.1, 0.15) is 0 Å². The van der Waals surface area contributed by atoms with E-state index in [1.807, 2.05) is 0 Å². The molecule has 0 atom stereocenters. The van der Waals surface area contributed by atoms with Gasteiger partial charge in [-0.1, -0.05) is 0 Å². The molecule has 0 fully saturated rings. The molecule has 10 heavy (non-hydrogen) atoms. The van der Waals surface area contributed by atoms with Crippen molar-refractivity contribution in [1.29, 1.82) is 0 Å². The van der Waals surface area contributed by atoms with Crippen molar-refractivity contribution in [3.05, 3.63) is 0 Å². The van der Waals surface area contributed by atoms with E-state index in [0.29, 0.717) is 0 Å². The number of halogens is 3. The average Bonchev–Trinajstić information content (AvgIpc) is 1.12. The summed E-state index contributed by atoms with van der Waals surface area (Å²) in [5.41, 5.74) is 0. The molecule has 0 amide bonds. The molecule has 4 nitrogen and oxygen atoms in total. The third-order valence-corrected chi connectivity index (χ3v) is 0. The quantitative estimate of drug-likeness (QED) is 0.553. The monoisotopic (exact) mass is 283 g/mol. The first-order valence-electron chi connectivity index (χ1n) is 1.82. The van der Waals surface area contributed by atoms with Crippen molar-refractivity contribution < 1.29 is 26.1 Å². The Morgan fingerprint density at radius 3 is 1.40 bits per heavy atom. The smallest absolute Gasteiger partial charge is 0.274 e. The van der Waals surface area contributed by atoms with E-state index in [0.717, 1.165) is 0 Å². The molecule has 0 aliphatic carbocycles. The van der Waals surface area contributed by atoms with Gasteiger partial charge in [0.25, 0.3) is 0 Å². The summed E-state index contributed by atoms with van der Waals surface area (Å²) in [7, 11) is -4.17. The van der Waals surface area contributed by atoms with E-state index in [1.54, 1.807) is 0 Å². The Labute approximate surface area is 70.0 Å². The van der Waals surface area contributed by atoms with E-state index in [9.17, 15) is 13.2 Å². The molecule has 0 saturated carbocycles. The first kappa shape index (κ1) is 13.1. The first-order chi connectivity index (χ1) is 4.00. The van der Waals surface area contributed by atoms with E-state index < -0.39 is 38.6 Å². The van der Waals surface area contributed by atoms with Crippen LogP contribution in [0, 0.1) is 0 Å². The second-order valence-corrected chi connectivity index (χ2v) is 5.56. The predicted molar refractivity (Wildman–Crippen MR) is 30.3 cm³/mol. The molecule has 3 N–H and O–H groups in total. The molecule has 0 aromatic heterocycles. The number of rotatable bonds is 0. The molecule has 0 spiro atoms. The van der Waals surface area contributed by atoms with Gasteiger partial charge in [-0.2, -0.15) is 8.42 Å². The van der Waals surface area contributed by atoms with Crippen LogP contribution in [-0.2, 0) is 10.3 Å². The summed E-state index contributed by atoms with van der Waals surface area (Å²) in [6.07, 6.45) is 0. The zero-order valence-corrected chi connectivity index (χ0v) is 11.4. The fraction of sp³-hybridized carbons (Fsp3) is 1.00. The molecule has 62 valence electrons. The Hall–Kier alpha value is 0.530. The maximum absolute atomic E-state index is 10.4. The standard InChI is InChI=1S/CF3.In.H3NO3S.2H/c2-1(3)4;;1-5(2,3)4;;/h;;(H3,1,2,3,4);;. The van der Waals surface area contributed by atoms with Gasteiger partial charge >= 0.3 is 51.8 Å². The van der Waals surface area contributed by atoms with E-state index in [-0.39, 0.29) is 0 Å². The Balaban J connectivity index is 0. The van der Waals surface area contributed by atoms with Crippen LogP contribution < -0.4 is 5.14 Å². The number of hydrogen-bond donors (Lipinski definition) is 2. The number of alkyl halides is 3. The molecule has 0 aromatic carbocycles. The van der Waals surface area contributed by atoms with Gasteiger partial charge in [0.15, 0.2) is 0 Å². The van der Waals surface area contributed by atoms with Gasteiger partial charge in [-0.3, -0.25) is 4.55 Å².